The maximum absolute atomic E-state index is 14.6. The lowest BCUT2D eigenvalue weighted by molar-refractivity contribution is -0.306. The van der Waals surface area contributed by atoms with Crippen LogP contribution in [0, 0.1) is 23.7 Å². The van der Waals surface area contributed by atoms with Crippen molar-refractivity contribution >= 4 is 0 Å². The smallest absolute Gasteiger partial charge is 0.350 e. The summed E-state index contributed by atoms with van der Waals surface area (Å²) in [5, 5.41) is 0. The third-order valence-corrected chi connectivity index (χ3v) is 7.75. The van der Waals surface area contributed by atoms with Gasteiger partial charge in [0.05, 0.1) is 25.2 Å². The molecule has 0 bridgehead atoms. The zero-order valence-corrected chi connectivity index (χ0v) is 17.3. The van der Waals surface area contributed by atoms with Crippen LogP contribution in [0.2, 0.25) is 0 Å². The number of hydrogen-bond donors (Lipinski definition) is 0. The van der Waals surface area contributed by atoms with E-state index in [1.54, 1.807) is 0 Å². The standard InChI is InChI=1S/C22H33F5O3/c23-18-11-17(12-19(24)20(18)25)30-22(26,27)16-7-5-14(6-8-16)13-1-3-15(4-2-13)21-28-9-10-29-21/h13-21H,1-12H2. The number of ether oxygens (including phenoxy) is 3. The number of rotatable bonds is 5. The highest BCUT2D eigenvalue weighted by atomic mass is 19.3. The Balaban J connectivity index is 1.22. The molecule has 4 fully saturated rings. The highest BCUT2D eigenvalue weighted by Gasteiger charge is 2.48. The fourth-order valence-corrected chi connectivity index (χ4v) is 5.96. The summed E-state index contributed by atoms with van der Waals surface area (Å²) < 4.78 is 85.7. The molecule has 3 saturated carbocycles. The molecule has 174 valence electrons. The monoisotopic (exact) mass is 440 g/mol. The third-order valence-electron chi connectivity index (χ3n) is 7.75. The largest absolute Gasteiger partial charge is 0.358 e. The molecule has 1 saturated heterocycles. The first kappa shape index (κ1) is 22.7. The fourth-order valence-electron chi connectivity index (χ4n) is 5.96. The molecule has 3 aliphatic carbocycles. The Kier molecular flexibility index (Phi) is 7.25. The van der Waals surface area contributed by atoms with Crippen LogP contribution in [0.4, 0.5) is 22.0 Å². The van der Waals surface area contributed by atoms with Crippen LogP contribution in [0.3, 0.4) is 0 Å². The van der Waals surface area contributed by atoms with Crippen LogP contribution < -0.4 is 0 Å². The van der Waals surface area contributed by atoms with E-state index >= 15 is 0 Å². The van der Waals surface area contributed by atoms with Gasteiger partial charge in [-0.2, -0.15) is 8.78 Å². The summed E-state index contributed by atoms with van der Waals surface area (Å²) in [5.74, 6) is 0.494. The highest BCUT2D eigenvalue weighted by molar-refractivity contribution is 4.90. The van der Waals surface area contributed by atoms with Crippen molar-refractivity contribution in [3.8, 4) is 0 Å². The maximum atomic E-state index is 14.6. The average molecular weight is 440 g/mol. The molecule has 0 aromatic heterocycles. The Labute approximate surface area is 175 Å². The SMILES string of the molecule is FC1CC(OC(F)(F)C2CCC(C3CCC(C4OCCO4)CC3)CC2)CC(F)C1F. The predicted molar refractivity (Wildman–Crippen MR) is 100 cm³/mol. The quantitative estimate of drug-likeness (QED) is 0.509. The van der Waals surface area contributed by atoms with Crippen molar-refractivity contribution in [2.45, 2.75) is 101 Å². The van der Waals surface area contributed by atoms with Crippen molar-refractivity contribution in [2.24, 2.45) is 23.7 Å². The lowest BCUT2D eigenvalue weighted by atomic mass is 9.69. The molecule has 1 aliphatic heterocycles. The topological polar surface area (TPSA) is 27.7 Å². The molecule has 0 radical (unpaired) electrons. The molecule has 8 heteroatoms. The highest BCUT2D eigenvalue weighted by Crippen LogP contribution is 2.47. The summed E-state index contributed by atoms with van der Waals surface area (Å²) in [6, 6.07) is 0. The van der Waals surface area contributed by atoms with E-state index in [-0.39, 0.29) is 6.29 Å². The van der Waals surface area contributed by atoms with E-state index in [1.165, 1.54) is 0 Å². The van der Waals surface area contributed by atoms with Gasteiger partial charge >= 0.3 is 6.11 Å². The molecule has 3 nitrogen and oxygen atoms in total. The van der Waals surface area contributed by atoms with Crippen LogP contribution in [-0.4, -0.2) is 50.2 Å². The molecular formula is C22H33F5O3. The van der Waals surface area contributed by atoms with E-state index < -0.39 is 49.5 Å². The van der Waals surface area contributed by atoms with E-state index in [0.29, 0.717) is 43.8 Å². The maximum Gasteiger partial charge on any atom is 0.358 e. The van der Waals surface area contributed by atoms with Gasteiger partial charge in [-0.1, -0.05) is 0 Å². The Morgan fingerprint density at radius 3 is 1.67 bits per heavy atom. The summed E-state index contributed by atoms with van der Waals surface area (Å²) in [5.41, 5.74) is 0. The minimum atomic E-state index is -3.42. The zero-order valence-electron chi connectivity index (χ0n) is 17.3. The van der Waals surface area contributed by atoms with Gasteiger partial charge in [0.1, 0.15) is 12.3 Å². The fraction of sp³-hybridized carbons (Fsp3) is 1.00. The Hall–Kier alpha value is -0.470. The lowest BCUT2D eigenvalue weighted by Crippen LogP contribution is -2.45. The molecule has 1 heterocycles. The summed E-state index contributed by atoms with van der Waals surface area (Å²) >= 11 is 0. The van der Waals surface area contributed by atoms with Crippen molar-refractivity contribution in [2.75, 3.05) is 13.2 Å². The van der Waals surface area contributed by atoms with Gasteiger partial charge in [-0.25, -0.2) is 13.2 Å². The summed E-state index contributed by atoms with van der Waals surface area (Å²) in [4.78, 5) is 0. The van der Waals surface area contributed by atoms with Gasteiger partial charge in [0.15, 0.2) is 12.5 Å². The van der Waals surface area contributed by atoms with E-state index in [1.807, 2.05) is 0 Å². The summed E-state index contributed by atoms with van der Waals surface area (Å²) in [6.45, 7) is 1.33. The van der Waals surface area contributed by atoms with E-state index in [4.69, 9.17) is 14.2 Å². The van der Waals surface area contributed by atoms with Crippen molar-refractivity contribution in [1.82, 2.24) is 0 Å². The normalized spacial score (nSPS) is 44.3. The predicted octanol–water partition coefficient (Wildman–Crippen LogP) is 5.76. The van der Waals surface area contributed by atoms with Crippen molar-refractivity contribution in [1.29, 1.82) is 0 Å². The number of halogens is 5. The van der Waals surface area contributed by atoms with Crippen molar-refractivity contribution in [3.63, 3.8) is 0 Å². The Morgan fingerprint density at radius 2 is 1.13 bits per heavy atom. The molecule has 4 aliphatic rings. The van der Waals surface area contributed by atoms with Gasteiger partial charge in [-0.05, 0) is 63.2 Å². The molecule has 0 aromatic rings. The minimum Gasteiger partial charge on any atom is -0.350 e. The minimum absolute atomic E-state index is 0.0715. The van der Waals surface area contributed by atoms with Gasteiger partial charge in [0.25, 0.3) is 0 Å². The van der Waals surface area contributed by atoms with E-state index in [2.05, 4.69) is 0 Å². The molecule has 0 spiro atoms. The van der Waals surface area contributed by atoms with Crippen molar-refractivity contribution in [3.05, 3.63) is 0 Å². The van der Waals surface area contributed by atoms with Crippen LogP contribution in [0.15, 0.2) is 0 Å². The first-order valence-corrected chi connectivity index (χ1v) is 11.5. The first-order valence-electron chi connectivity index (χ1n) is 11.5. The van der Waals surface area contributed by atoms with Gasteiger partial charge in [0, 0.05) is 18.8 Å². The Bertz CT molecular complexity index is 531. The van der Waals surface area contributed by atoms with Gasteiger partial charge in [-0.15, -0.1) is 0 Å². The lowest BCUT2D eigenvalue weighted by Gasteiger charge is -2.41. The molecule has 2 atom stereocenters. The van der Waals surface area contributed by atoms with Gasteiger partial charge in [-0.3, -0.25) is 0 Å². The second-order valence-corrected chi connectivity index (χ2v) is 9.65. The molecule has 30 heavy (non-hydrogen) atoms. The number of alkyl halides is 5. The van der Waals surface area contributed by atoms with Gasteiger partial charge in [0.2, 0.25) is 0 Å². The first-order chi connectivity index (χ1) is 14.3. The van der Waals surface area contributed by atoms with Crippen LogP contribution in [0.25, 0.3) is 0 Å². The van der Waals surface area contributed by atoms with Crippen molar-refractivity contribution < 1.29 is 36.2 Å². The van der Waals surface area contributed by atoms with Crippen LogP contribution in [0.1, 0.15) is 64.2 Å². The molecule has 2 unspecified atom stereocenters. The Morgan fingerprint density at radius 1 is 0.667 bits per heavy atom. The summed E-state index contributed by atoms with van der Waals surface area (Å²) in [6.07, 6.45) is -5.76. The zero-order chi connectivity index (χ0) is 21.3. The second kappa shape index (κ2) is 9.57. The third kappa shape index (κ3) is 5.12. The second-order valence-electron chi connectivity index (χ2n) is 9.65. The molecular weight excluding hydrogens is 407 g/mol. The molecule has 4 rings (SSSR count). The molecule has 0 aromatic carbocycles. The molecule has 0 amide bonds. The number of hydrogen-bond acceptors (Lipinski definition) is 3. The van der Waals surface area contributed by atoms with Crippen LogP contribution in [-0.2, 0) is 14.2 Å². The molecule has 0 N–H and O–H groups in total. The van der Waals surface area contributed by atoms with Crippen LogP contribution >= 0.6 is 0 Å². The van der Waals surface area contributed by atoms with E-state index in [0.717, 1.165) is 38.5 Å². The van der Waals surface area contributed by atoms with Gasteiger partial charge < -0.3 is 14.2 Å². The summed E-state index contributed by atoms with van der Waals surface area (Å²) in [7, 11) is 0. The average Bonchev–Trinajstić information content (AvgIpc) is 3.27. The van der Waals surface area contributed by atoms with Crippen LogP contribution in [0.5, 0.6) is 0 Å². The van der Waals surface area contributed by atoms with E-state index in [9.17, 15) is 22.0 Å².